The number of fused-ring (bicyclic) bond motifs is 1. The predicted molar refractivity (Wildman–Crippen MR) is 99.1 cm³/mol. The molecule has 0 radical (unpaired) electrons. The number of cyclic esters (lactones) is 1. The number of nitrogens with one attached hydrogen (secondary N) is 1. The number of aromatic hydroxyl groups is 1. The lowest BCUT2D eigenvalue weighted by molar-refractivity contribution is -0.118. The highest BCUT2D eigenvalue weighted by atomic mass is 16.6. The van der Waals surface area contributed by atoms with Crippen LogP contribution in [0.3, 0.4) is 0 Å². The molecule has 2 aromatic carbocycles. The van der Waals surface area contributed by atoms with E-state index in [2.05, 4.69) is 5.32 Å². The zero-order valence-corrected chi connectivity index (χ0v) is 15.6. The molecule has 0 spiro atoms. The van der Waals surface area contributed by atoms with Crippen molar-refractivity contribution < 1.29 is 33.7 Å². The zero-order valence-electron chi connectivity index (χ0n) is 15.6. The molecule has 0 saturated carbocycles. The molecule has 0 bridgehead atoms. The molecular formula is C20H19NO7. The number of hydrogen-bond donors (Lipinski definition) is 2. The van der Waals surface area contributed by atoms with Gasteiger partial charge >= 0.3 is 5.97 Å². The first-order valence-corrected chi connectivity index (χ1v) is 8.45. The SMILES string of the molecule is COc1ccc2c(c1OC)C(=O)OC2CC(=O)Nc1ccc(O)c(C(C)=O)c1. The van der Waals surface area contributed by atoms with E-state index >= 15 is 0 Å². The molecule has 1 amide bonds. The van der Waals surface area contributed by atoms with Gasteiger partial charge < -0.3 is 24.6 Å². The maximum atomic E-state index is 12.4. The second kappa shape index (κ2) is 7.59. The number of rotatable bonds is 6. The molecular weight excluding hydrogens is 366 g/mol. The maximum absolute atomic E-state index is 12.4. The van der Waals surface area contributed by atoms with Crippen molar-refractivity contribution in [1.82, 2.24) is 0 Å². The molecule has 8 nitrogen and oxygen atoms in total. The third-order valence-corrected chi connectivity index (χ3v) is 4.41. The first kappa shape index (κ1) is 19.2. The fraction of sp³-hybridized carbons (Fsp3) is 0.250. The van der Waals surface area contributed by atoms with Gasteiger partial charge in [-0.2, -0.15) is 0 Å². The number of hydrogen-bond acceptors (Lipinski definition) is 7. The minimum absolute atomic E-state index is 0.104. The van der Waals surface area contributed by atoms with Crippen LogP contribution in [0.15, 0.2) is 30.3 Å². The van der Waals surface area contributed by atoms with Gasteiger partial charge in [-0.15, -0.1) is 0 Å². The van der Waals surface area contributed by atoms with Crippen LogP contribution in [0, 0.1) is 0 Å². The van der Waals surface area contributed by atoms with Gasteiger partial charge in [0.1, 0.15) is 17.4 Å². The van der Waals surface area contributed by atoms with E-state index in [1.165, 1.54) is 39.3 Å². The van der Waals surface area contributed by atoms with Crippen LogP contribution in [0.25, 0.3) is 0 Å². The number of ketones is 1. The van der Waals surface area contributed by atoms with Gasteiger partial charge in [0.2, 0.25) is 5.91 Å². The molecule has 0 fully saturated rings. The van der Waals surface area contributed by atoms with Gasteiger partial charge in [0.05, 0.1) is 26.2 Å². The molecule has 1 unspecified atom stereocenters. The first-order chi connectivity index (χ1) is 13.3. The lowest BCUT2D eigenvalue weighted by atomic mass is 10.0. The zero-order chi connectivity index (χ0) is 20.4. The van der Waals surface area contributed by atoms with E-state index in [0.29, 0.717) is 17.0 Å². The molecule has 0 aromatic heterocycles. The van der Waals surface area contributed by atoms with Crippen LogP contribution >= 0.6 is 0 Å². The Morgan fingerprint density at radius 1 is 1.18 bits per heavy atom. The highest BCUT2D eigenvalue weighted by Gasteiger charge is 2.36. The molecule has 2 N–H and O–H groups in total. The van der Waals surface area contributed by atoms with Gasteiger partial charge in [-0.25, -0.2) is 4.79 Å². The minimum atomic E-state index is -0.772. The Labute approximate surface area is 161 Å². The fourth-order valence-electron chi connectivity index (χ4n) is 3.10. The van der Waals surface area contributed by atoms with Crippen molar-refractivity contribution in [3.05, 3.63) is 47.0 Å². The third-order valence-electron chi connectivity index (χ3n) is 4.41. The van der Waals surface area contributed by atoms with Crippen LogP contribution in [-0.2, 0) is 9.53 Å². The van der Waals surface area contributed by atoms with Crippen LogP contribution in [0.1, 0.15) is 45.7 Å². The molecule has 28 heavy (non-hydrogen) atoms. The molecule has 3 rings (SSSR count). The number of anilines is 1. The molecule has 146 valence electrons. The first-order valence-electron chi connectivity index (χ1n) is 8.45. The van der Waals surface area contributed by atoms with E-state index in [1.54, 1.807) is 12.1 Å². The van der Waals surface area contributed by atoms with E-state index < -0.39 is 18.0 Å². The van der Waals surface area contributed by atoms with Crippen molar-refractivity contribution in [3.8, 4) is 17.2 Å². The molecule has 0 saturated heterocycles. The summed E-state index contributed by atoms with van der Waals surface area (Å²) < 4.78 is 15.8. The summed E-state index contributed by atoms with van der Waals surface area (Å²) in [4.78, 5) is 36.2. The number of amides is 1. The Hall–Kier alpha value is -3.55. The van der Waals surface area contributed by atoms with Crippen molar-refractivity contribution in [2.75, 3.05) is 19.5 Å². The van der Waals surface area contributed by atoms with Crippen LogP contribution < -0.4 is 14.8 Å². The summed E-state index contributed by atoms with van der Waals surface area (Å²) in [6.45, 7) is 1.32. The van der Waals surface area contributed by atoms with Gasteiger partial charge in [0, 0.05) is 11.3 Å². The normalized spacial score (nSPS) is 14.8. The Morgan fingerprint density at radius 2 is 1.93 bits per heavy atom. The van der Waals surface area contributed by atoms with Crippen molar-refractivity contribution in [3.63, 3.8) is 0 Å². The standard InChI is InChI=1S/C20H19NO7/c1-10(22)13-8-11(4-6-14(13)23)21-17(24)9-16-12-5-7-15(26-2)19(27-3)18(12)20(25)28-16/h4-8,16,23H,9H2,1-3H3,(H,21,24). The van der Waals surface area contributed by atoms with Crippen molar-refractivity contribution >= 4 is 23.3 Å². The highest BCUT2D eigenvalue weighted by Crippen LogP contribution is 2.43. The molecule has 1 heterocycles. The van der Waals surface area contributed by atoms with Gasteiger partial charge in [0.15, 0.2) is 17.3 Å². The van der Waals surface area contributed by atoms with Crippen molar-refractivity contribution in [1.29, 1.82) is 0 Å². The minimum Gasteiger partial charge on any atom is -0.507 e. The second-order valence-corrected chi connectivity index (χ2v) is 6.20. The largest absolute Gasteiger partial charge is 0.507 e. The summed E-state index contributed by atoms with van der Waals surface area (Å²) in [6.07, 6.45) is -0.892. The van der Waals surface area contributed by atoms with Crippen molar-refractivity contribution in [2.45, 2.75) is 19.4 Å². The second-order valence-electron chi connectivity index (χ2n) is 6.20. The molecule has 8 heteroatoms. The Bertz CT molecular complexity index is 967. The molecule has 1 aliphatic heterocycles. The van der Waals surface area contributed by atoms with Crippen LogP contribution in [-0.4, -0.2) is 37.0 Å². The number of benzene rings is 2. The van der Waals surface area contributed by atoms with Crippen molar-refractivity contribution in [2.24, 2.45) is 0 Å². The average molecular weight is 385 g/mol. The summed E-state index contributed by atoms with van der Waals surface area (Å²) in [7, 11) is 2.88. The maximum Gasteiger partial charge on any atom is 0.343 e. The predicted octanol–water partition coefficient (Wildman–Crippen LogP) is 2.85. The number of phenols is 1. The summed E-state index contributed by atoms with van der Waals surface area (Å²) in [5.41, 5.74) is 1.23. The Balaban J connectivity index is 1.79. The smallest absolute Gasteiger partial charge is 0.343 e. The highest BCUT2D eigenvalue weighted by molar-refractivity contribution is 6.01. The molecule has 2 aromatic rings. The average Bonchev–Trinajstić information content (AvgIpc) is 2.97. The molecule has 1 aliphatic rings. The van der Waals surface area contributed by atoms with E-state index in [0.717, 1.165) is 0 Å². The van der Waals surface area contributed by atoms with E-state index in [9.17, 15) is 19.5 Å². The third kappa shape index (κ3) is 3.48. The van der Waals surface area contributed by atoms with Gasteiger partial charge in [-0.05, 0) is 31.2 Å². The monoisotopic (exact) mass is 385 g/mol. The van der Waals surface area contributed by atoms with Crippen LogP contribution in [0.4, 0.5) is 5.69 Å². The number of ether oxygens (including phenoxy) is 3. The summed E-state index contributed by atoms with van der Waals surface area (Å²) in [5.74, 6) is -0.840. The number of carbonyl (C=O) groups excluding carboxylic acids is 3. The van der Waals surface area contributed by atoms with E-state index in [1.807, 2.05) is 0 Å². The summed E-state index contributed by atoms with van der Waals surface area (Å²) in [5, 5.41) is 12.3. The van der Waals surface area contributed by atoms with Gasteiger partial charge in [-0.1, -0.05) is 6.07 Å². The molecule has 0 aliphatic carbocycles. The topological polar surface area (TPSA) is 111 Å². The Morgan fingerprint density at radius 3 is 2.57 bits per heavy atom. The quantitative estimate of drug-likeness (QED) is 0.447. The summed E-state index contributed by atoms with van der Waals surface area (Å²) in [6, 6.07) is 7.49. The van der Waals surface area contributed by atoms with E-state index in [-0.39, 0.29) is 34.8 Å². The van der Waals surface area contributed by atoms with E-state index in [4.69, 9.17) is 14.2 Å². The number of methoxy groups -OCH3 is 2. The molecule has 1 atom stereocenters. The van der Waals surface area contributed by atoms with Crippen LogP contribution in [0.5, 0.6) is 17.2 Å². The van der Waals surface area contributed by atoms with Crippen LogP contribution in [0.2, 0.25) is 0 Å². The number of carbonyl (C=O) groups is 3. The fourth-order valence-corrected chi connectivity index (χ4v) is 3.10. The lowest BCUT2D eigenvalue weighted by Crippen LogP contribution is -2.16. The van der Waals surface area contributed by atoms with Gasteiger partial charge in [-0.3, -0.25) is 9.59 Å². The number of esters is 1. The van der Waals surface area contributed by atoms with Gasteiger partial charge in [0.25, 0.3) is 0 Å². The number of Topliss-reactive ketones (excluding diaryl/α,β-unsaturated/α-hetero) is 1. The summed E-state index contributed by atoms with van der Waals surface area (Å²) >= 11 is 0. The lowest BCUT2D eigenvalue weighted by Gasteiger charge is -2.13. The number of phenolic OH excluding ortho intramolecular Hbond substituents is 1. The Kier molecular flexibility index (Phi) is 5.21.